The third-order valence-corrected chi connectivity index (χ3v) is 5.69. The molecule has 0 saturated heterocycles. The molecule has 0 radical (unpaired) electrons. The van der Waals surface area contributed by atoms with Crippen LogP contribution < -0.4 is 4.74 Å². The zero-order chi connectivity index (χ0) is 26.2. The Bertz CT molecular complexity index is 1460. The Morgan fingerprint density at radius 3 is 2.47 bits per heavy atom. The summed E-state index contributed by atoms with van der Waals surface area (Å²) in [6, 6.07) is 14.0. The third kappa shape index (κ3) is 5.06. The Morgan fingerprint density at radius 1 is 1.03 bits per heavy atom. The van der Waals surface area contributed by atoms with Gasteiger partial charge in [-0.25, -0.2) is 13.6 Å². The molecule has 0 bridgehead atoms. The molecule has 10 heteroatoms. The van der Waals surface area contributed by atoms with Gasteiger partial charge in [0.1, 0.15) is 12.4 Å². The van der Waals surface area contributed by atoms with Gasteiger partial charge in [0.2, 0.25) is 0 Å². The van der Waals surface area contributed by atoms with Crippen molar-refractivity contribution in [1.29, 1.82) is 0 Å². The molecule has 4 rings (SSSR count). The largest absolute Gasteiger partial charge is 0.488 e. The van der Waals surface area contributed by atoms with Crippen molar-refractivity contribution in [3.05, 3.63) is 106 Å². The lowest BCUT2D eigenvalue weighted by atomic mass is 10.1. The number of hydrogen-bond donors (Lipinski definition) is 1. The lowest BCUT2D eigenvalue weighted by Gasteiger charge is -2.18. The molecule has 1 heterocycles. The van der Waals surface area contributed by atoms with Crippen molar-refractivity contribution in [3.63, 3.8) is 0 Å². The minimum atomic E-state index is -4.78. The molecule has 4 nitrogen and oxygen atoms in total. The molecule has 1 N–H and O–H groups in total. The van der Waals surface area contributed by atoms with Crippen molar-refractivity contribution in [2.45, 2.75) is 19.7 Å². The highest BCUT2D eigenvalue weighted by Crippen LogP contribution is 2.38. The summed E-state index contributed by atoms with van der Waals surface area (Å²) in [6.07, 6.45) is -4.78. The van der Waals surface area contributed by atoms with E-state index in [2.05, 4.69) is 0 Å². The van der Waals surface area contributed by atoms with Crippen LogP contribution in [0.25, 0.3) is 16.9 Å². The second kappa shape index (κ2) is 9.66. The van der Waals surface area contributed by atoms with Gasteiger partial charge in [0.15, 0.2) is 11.6 Å². The summed E-state index contributed by atoms with van der Waals surface area (Å²) in [4.78, 5) is 11.5. The Hall–Kier alpha value is -3.85. The van der Waals surface area contributed by atoms with Crippen molar-refractivity contribution in [1.82, 2.24) is 4.57 Å². The van der Waals surface area contributed by atoms with Crippen molar-refractivity contribution < 1.29 is 36.6 Å². The molecular formula is C26H17ClF5NO3. The van der Waals surface area contributed by atoms with Crippen LogP contribution in [0, 0.1) is 18.6 Å². The van der Waals surface area contributed by atoms with Gasteiger partial charge in [-0.1, -0.05) is 23.7 Å². The molecule has 0 amide bonds. The number of alkyl halides is 3. The second-order valence-electron chi connectivity index (χ2n) is 7.91. The SMILES string of the molecule is Cc1ccc(-c2cc(Cl)ccc2OCc2cccc(F)c2F)n1-c1cc(C(=O)O)cc(C(F)(F)F)c1. The number of carbonyl (C=O) groups is 1. The first-order valence-corrected chi connectivity index (χ1v) is 10.8. The van der Waals surface area contributed by atoms with Crippen LogP contribution in [0.15, 0.2) is 66.7 Å². The minimum absolute atomic E-state index is 0.0357. The summed E-state index contributed by atoms with van der Waals surface area (Å²) >= 11 is 6.19. The Labute approximate surface area is 207 Å². The van der Waals surface area contributed by atoms with Crippen LogP contribution in [0.4, 0.5) is 22.0 Å². The molecule has 0 fully saturated rings. The molecule has 1 aromatic heterocycles. The number of ether oxygens (including phenoxy) is 1. The first kappa shape index (κ1) is 25.2. The number of hydrogen-bond acceptors (Lipinski definition) is 2. The highest BCUT2D eigenvalue weighted by molar-refractivity contribution is 6.31. The van der Waals surface area contributed by atoms with Gasteiger partial charge >= 0.3 is 12.1 Å². The quantitative estimate of drug-likeness (QED) is 0.265. The summed E-state index contributed by atoms with van der Waals surface area (Å²) in [5.74, 6) is -3.40. The van der Waals surface area contributed by atoms with E-state index in [1.807, 2.05) is 0 Å². The van der Waals surface area contributed by atoms with E-state index >= 15 is 0 Å². The van der Waals surface area contributed by atoms with Gasteiger partial charge in [-0.05, 0) is 61.5 Å². The molecular weight excluding hydrogens is 505 g/mol. The molecule has 0 unspecified atom stereocenters. The Kier molecular flexibility index (Phi) is 6.77. The zero-order valence-electron chi connectivity index (χ0n) is 18.5. The maximum absolute atomic E-state index is 14.1. The van der Waals surface area contributed by atoms with Crippen LogP contribution in [0.5, 0.6) is 5.75 Å². The molecule has 0 spiro atoms. The fourth-order valence-corrected chi connectivity index (χ4v) is 3.93. The number of benzene rings is 3. The third-order valence-electron chi connectivity index (χ3n) is 5.46. The number of aromatic nitrogens is 1. The first-order chi connectivity index (χ1) is 17.0. The lowest BCUT2D eigenvalue weighted by Crippen LogP contribution is -2.10. The standard InChI is InChI=1S/C26H17ClF5NO3/c1-14-5-7-22(33(14)19-10-16(25(34)35)9-17(11-19)26(30,31)32)20-12-18(27)6-8-23(20)36-13-15-3-2-4-21(28)24(15)29/h2-12H,13H2,1H3,(H,34,35). The van der Waals surface area contributed by atoms with E-state index in [9.17, 15) is 31.9 Å². The van der Waals surface area contributed by atoms with E-state index in [1.165, 1.54) is 34.9 Å². The van der Waals surface area contributed by atoms with Crippen LogP contribution >= 0.6 is 11.6 Å². The highest BCUT2D eigenvalue weighted by atomic mass is 35.5. The summed E-state index contributed by atoms with van der Waals surface area (Å²) in [5.41, 5.74) is -0.540. The summed E-state index contributed by atoms with van der Waals surface area (Å²) in [6.45, 7) is 1.31. The molecule has 4 aromatic rings. The van der Waals surface area contributed by atoms with Gasteiger partial charge in [0.25, 0.3) is 0 Å². The van der Waals surface area contributed by atoms with E-state index in [1.54, 1.807) is 19.1 Å². The normalized spacial score (nSPS) is 11.5. The molecule has 0 aliphatic heterocycles. The molecule has 0 atom stereocenters. The van der Waals surface area contributed by atoms with E-state index in [0.29, 0.717) is 23.0 Å². The first-order valence-electron chi connectivity index (χ1n) is 10.5. The number of rotatable bonds is 6. The molecule has 3 aromatic carbocycles. The summed E-state index contributed by atoms with van der Waals surface area (Å²) < 4.78 is 75.4. The maximum Gasteiger partial charge on any atom is 0.416 e. The van der Waals surface area contributed by atoms with Crippen molar-refractivity contribution in [3.8, 4) is 22.7 Å². The van der Waals surface area contributed by atoms with Gasteiger partial charge < -0.3 is 14.4 Å². The number of aryl methyl sites for hydroxylation is 1. The van der Waals surface area contributed by atoms with E-state index in [0.717, 1.165) is 18.2 Å². The van der Waals surface area contributed by atoms with Crippen molar-refractivity contribution >= 4 is 17.6 Å². The molecule has 0 aliphatic rings. The van der Waals surface area contributed by atoms with Gasteiger partial charge in [-0.2, -0.15) is 13.2 Å². The van der Waals surface area contributed by atoms with Crippen LogP contribution in [-0.2, 0) is 12.8 Å². The summed E-state index contributed by atoms with van der Waals surface area (Å²) in [7, 11) is 0. The van der Waals surface area contributed by atoms with Crippen LogP contribution in [0.2, 0.25) is 5.02 Å². The number of nitrogens with zero attached hydrogens (tertiary/aromatic N) is 1. The number of aromatic carboxylic acids is 1. The monoisotopic (exact) mass is 521 g/mol. The topological polar surface area (TPSA) is 51.5 Å². The van der Waals surface area contributed by atoms with Gasteiger partial charge in [0, 0.05) is 27.5 Å². The number of carboxylic acid groups (broad SMARTS) is 1. The minimum Gasteiger partial charge on any atom is -0.488 e. The van der Waals surface area contributed by atoms with Gasteiger partial charge in [0.05, 0.1) is 16.8 Å². The molecule has 0 saturated carbocycles. The van der Waals surface area contributed by atoms with E-state index in [-0.39, 0.29) is 28.6 Å². The average Bonchev–Trinajstić information content (AvgIpc) is 3.21. The number of halogens is 6. The van der Waals surface area contributed by atoms with E-state index in [4.69, 9.17) is 16.3 Å². The van der Waals surface area contributed by atoms with Crippen molar-refractivity contribution in [2.24, 2.45) is 0 Å². The summed E-state index contributed by atoms with van der Waals surface area (Å²) in [5, 5.41) is 9.67. The predicted molar refractivity (Wildman–Crippen MR) is 124 cm³/mol. The Balaban J connectivity index is 1.83. The fourth-order valence-electron chi connectivity index (χ4n) is 3.76. The predicted octanol–water partition coefficient (Wildman–Crippen LogP) is 7.68. The van der Waals surface area contributed by atoms with E-state index < -0.39 is 34.9 Å². The van der Waals surface area contributed by atoms with Crippen LogP contribution in [0.1, 0.15) is 27.2 Å². The highest BCUT2D eigenvalue weighted by Gasteiger charge is 2.32. The zero-order valence-corrected chi connectivity index (χ0v) is 19.3. The van der Waals surface area contributed by atoms with Crippen molar-refractivity contribution in [2.75, 3.05) is 0 Å². The Morgan fingerprint density at radius 2 is 1.78 bits per heavy atom. The van der Waals surface area contributed by atoms with Gasteiger partial charge in [-0.15, -0.1) is 0 Å². The number of carboxylic acids is 1. The lowest BCUT2D eigenvalue weighted by molar-refractivity contribution is -0.137. The molecule has 186 valence electrons. The smallest absolute Gasteiger partial charge is 0.416 e. The second-order valence-corrected chi connectivity index (χ2v) is 8.35. The average molecular weight is 522 g/mol. The molecule has 0 aliphatic carbocycles. The van der Waals surface area contributed by atoms with Crippen LogP contribution in [0.3, 0.4) is 0 Å². The van der Waals surface area contributed by atoms with Crippen LogP contribution in [-0.4, -0.2) is 15.6 Å². The fraction of sp³-hybridized carbons (Fsp3) is 0.115. The maximum atomic E-state index is 14.1. The molecule has 36 heavy (non-hydrogen) atoms. The van der Waals surface area contributed by atoms with Gasteiger partial charge in [-0.3, -0.25) is 0 Å².